The molecule has 4 nitrogen and oxygen atoms in total. The molecule has 0 saturated heterocycles. The van der Waals surface area contributed by atoms with Crippen LogP contribution in [0.25, 0.3) is 22.2 Å². The predicted molar refractivity (Wildman–Crippen MR) is 75.7 cm³/mol. The topological polar surface area (TPSA) is 60.2 Å². The Morgan fingerprint density at radius 2 is 1.95 bits per heavy atom. The number of pyridine rings is 1. The van der Waals surface area contributed by atoms with E-state index in [0.29, 0.717) is 27.8 Å². The van der Waals surface area contributed by atoms with Crippen LogP contribution in [0, 0.1) is 0 Å². The Labute approximate surface area is 114 Å². The van der Waals surface area contributed by atoms with Crippen molar-refractivity contribution in [3.05, 3.63) is 64.6 Å². The third-order valence-electron chi connectivity index (χ3n) is 3.13. The van der Waals surface area contributed by atoms with Crippen molar-refractivity contribution >= 4 is 16.8 Å². The van der Waals surface area contributed by atoms with Gasteiger partial charge >= 0.3 is 0 Å². The molecule has 0 unspecified atom stereocenters. The summed E-state index contributed by atoms with van der Waals surface area (Å²) >= 11 is 0. The summed E-state index contributed by atoms with van der Waals surface area (Å²) < 4.78 is 5.45. The molecule has 0 amide bonds. The Hall–Kier alpha value is -2.75. The summed E-state index contributed by atoms with van der Waals surface area (Å²) in [4.78, 5) is 27.8. The highest BCUT2D eigenvalue weighted by molar-refractivity contribution is 5.94. The summed E-state index contributed by atoms with van der Waals surface area (Å²) in [6, 6.07) is 10.4. The van der Waals surface area contributed by atoms with Gasteiger partial charge in [-0.2, -0.15) is 0 Å². The largest absolute Gasteiger partial charge is 0.463 e. The van der Waals surface area contributed by atoms with E-state index in [2.05, 4.69) is 4.98 Å². The molecule has 0 aliphatic carbocycles. The van der Waals surface area contributed by atoms with Crippen LogP contribution in [-0.2, 0) is 0 Å². The van der Waals surface area contributed by atoms with Gasteiger partial charge in [0.25, 0.3) is 0 Å². The van der Waals surface area contributed by atoms with E-state index in [4.69, 9.17) is 4.42 Å². The molecule has 0 bridgehead atoms. The normalized spacial score (nSPS) is 10.7. The summed E-state index contributed by atoms with van der Waals surface area (Å²) in [6.07, 6.45) is 2.87. The molecule has 0 spiro atoms. The zero-order valence-electron chi connectivity index (χ0n) is 10.8. The third-order valence-corrected chi connectivity index (χ3v) is 3.13. The average molecular weight is 265 g/mol. The van der Waals surface area contributed by atoms with Gasteiger partial charge in [-0.1, -0.05) is 12.1 Å². The van der Waals surface area contributed by atoms with Gasteiger partial charge in [0.2, 0.25) is 5.43 Å². The van der Waals surface area contributed by atoms with Crippen LogP contribution in [0.1, 0.15) is 17.3 Å². The third kappa shape index (κ3) is 2.01. The number of hydrogen-bond donors (Lipinski definition) is 0. The summed E-state index contributed by atoms with van der Waals surface area (Å²) in [5, 5.41) is 0.516. The molecular formula is C16H11NO3. The minimum atomic E-state index is -0.130. The number of carbonyl (C=O) groups excluding carboxylic acids is 1. The van der Waals surface area contributed by atoms with Crippen molar-refractivity contribution in [2.24, 2.45) is 0 Å². The van der Waals surface area contributed by atoms with Crippen molar-refractivity contribution in [3.8, 4) is 11.3 Å². The number of ketones is 1. The van der Waals surface area contributed by atoms with Gasteiger partial charge in [-0.05, 0) is 31.2 Å². The highest BCUT2D eigenvalue weighted by Gasteiger charge is 2.10. The molecule has 98 valence electrons. The minimum absolute atomic E-state index is 0.0606. The number of nitrogens with zero attached hydrogens (tertiary/aromatic N) is 1. The first-order valence-corrected chi connectivity index (χ1v) is 6.15. The van der Waals surface area contributed by atoms with Gasteiger partial charge in [0, 0.05) is 11.8 Å². The van der Waals surface area contributed by atoms with E-state index in [-0.39, 0.29) is 11.2 Å². The van der Waals surface area contributed by atoms with Gasteiger partial charge in [-0.15, -0.1) is 0 Å². The van der Waals surface area contributed by atoms with Crippen LogP contribution in [0.15, 0.2) is 58.1 Å². The first kappa shape index (κ1) is 12.3. The van der Waals surface area contributed by atoms with Gasteiger partial charge in [0.15, 0.2) is 5.78 Å². The highest BCUT2D eigenvalue weighted by Crippen LogP contribution is 2.18. The van der Waals surface area contributed by atoms with Crippen molar-refractivity contribution in [1.82, 2.24) is 4.98 Å². The monoisotopic (exact) mass is 265 g/mol. The van der Waals surface area contributed by atoms with Crippen molar-refractivity contribution in [1.29, 1.82) is 0 Å². The Morgan fingerprint density at radius 1 is 1.15 bits per heavy atom. The first-order chi connectivity index (χ1) is 9.66. The minimum Gasteiger partial charge on any atom is -0.463 e. The number of aromatic nitrogens is 1. The Kier molecular flexibility index (Phi) is 2.91. The van der Waals surface area contributed by atoms with Crippen molar-refractivity contribution in [2.45, 2.75) is 6.92 Å². The molecule has 0 atom stereocenters. The lowest BCUT2D eigenvalue weighted by atomic mass is 10.1. The summed E-state index contributed by atoms with van der Waals surface area (Å²) in [5.74, 6) is -0.0606. The van der Waals surface area contributed by atoms with Crippen molar-refractivity contribution < 1.29 is 9.21 Å². The fourth-order valence-corrected chi connectivity index (χ4v) is 2.02. The standard InChI is InChI=1S/C16H11NO3/c1-10(18)11-6-7-14(17-8-11)13-9-20-15-5-3-2-4-12(15)16(13)19/h2-9H,1H3. The number of carbonyl (C=O) groups is 1. The van der Waals surface area contributed by atoms with E-state index in [1.807, 2.05) is 6.07 Å². The summed E-state index contributed by atoms with van der Waals surface area (Å²) in [7, 11) is 0. The smallest absolute Gasteiger partial charge is 0.202 e. The van der Waals surface area contributed by atoms with Crippen LogP contribution in [0.2, 0.25) is 0 Å². The number of benzene rings is 1. The maximum atomic E-state index is 12.4. The number of Topliss-reactive ketones (excluding diaryl/α,β-unsaturated/α-hetero) is 1. The van der Waals surface area contributed by atoms with E-state index in [1.165, 1.54) is 19.4 Å². The predicted octanol–water partition coefficient (Wildman–Crippen LogP) is 3.06. The van der Waals surface area contributed by atoms with Crippen LogP contribution in [0.4, 0.5) is 0 Å². The van der Waals surface area contributed by atoms with Gasteiger partial charge in [-0.3, -0.25) is 14.6 Å². The molecule has 1 aromatic carbocycles. The van der Waals surface area contributed by atoms with Crippen LogP contribution >= 0.6 is 0 Å². The lowest BCUT2D eigenvalue weighted by Crippen LogP contribution is -2.06. The van der Waals surface area contributed by atoms with E-state index in [0.717, 1.165) is 0 Å². The Balaban J connectivity index is 2.17. The molecule has 2 aromatic heterocycles. The number of para-hydroxylation sites is 1. The first-order valence-electron chi connectivity index (χ1n) is 6.15. The fourth-order valence-electron chi connectivity index (χ4n) is 2.02. The quantitative estimate of drug-likeness (QED) is 0.668. The maximum absolute atomic E-state index is 12.4. The zero-order chi connectivity index (χ0) is 14.1. The lowest BCUT2D eigenvalue weighted by molar-refractivity contribution is 0.101. The molecule has 4 heteroatoms. The second kappa shape index (κ2) is 4.74. The summed E-state index contributed by atoms with van der Waals surface area (Å²) in [5.41, 5.74) is 1.81. The number of fused-ring (bicyclic) bond motifs is 1. The molecule has 0 radical (unpaired) electrons. The molecule has 0 saturated carbocycles. The SMILES string of the molecule is CC(=O)c1ccc(-c2coc3ccccc3c2=O)nc1. The molecule has 2 heterocycles. The summed E-state index contributed by atoms with van der Waals surface area (Å²) in [6.45, 7) is 1.47. The molecule has 20 heavy (non-hydrogen) atoms. The van der Waals surface area contributed by atoms with Gasteiger partial charge < -0.3 is 4.42 Å². The maximum Gasteiger partial charge on any atom is 0.202 e. The highest BCUT2D eigenvalue weighted by atomic mass is 16.3. The molecular weight excluding hydrogens is 254 g/mol. The van der Waals surface area contributed by atoms with E-state index in [9.17, 15) is 9.59 Å². The second-order valence-electron chi connectivity index (χ2n) is 4.46. The van der Waals surface area contributed by atoms with Crippen LogP contribution in [0.3, 0.4) is 0 Å². The van der Waals surface area contributed by atoms with Crippen molar-refractivity contribution in [2.75, 3.05) is 0 Å². The zero-order valence-corrected chi connectivity index (χ0v) is 10.8. The van der Waals surface area contributed by atoms with E-state index < -0.39 is 0 Å². The Bertz CT molecular complexity index is 847. The van der Waals surface area contributed by atoms with E-state index >= 15 is 0 Å². The van der Waals surface area contributed by atoms with Gasteiger partial charge in [0.05, 0.1) is 16.6 Å². The molecule has 3 rings (SSSR count). The van der Waals surface area contributed by atoms with Gasteiger partial charge in [-0.25, -0.2) is 0 Å². The van der Waals surface area contributed by atoms with Crippen LogP contribution < -0.4 is 5.43 Å². The second-order valence-corrected chi connectivity index (χ2v) is 4.46. The lowest BCUT2D eigenvalue weighted by Gasteiger charge is -2.02. The van der Waals surface area contributed by atoms with Gasteiger partial charge in [0.1, 0.15) is 11.8 Å². The Morgan fingerprint density at radius 3 is 2.65 bits per heavy atom. The molecule has 0 aliphatic rings. The van der Waals surface area contributed by atoms with Crippen molar-refractivity contribution in [3.63, 3.8) is 0 Å². The average Bonchev–Trinajstić information content (AvgIpc) is 2.48. The molecule has 0 fully saturated rings. The molecule has 0 aliphatic heterocycles. The van der Waals surface area contributed by atoms with E-state index in [1.54, 1.807) is 30.3 Å². The number of rotatable bonds is 2. The molecule has 3 aromatic rings. The molecule has 0 N–H and O–H groups in total. The number of hydrogen-bond acceptors (Lipinski definition) is 4. The van der Waals surface area contributed by atoms with Crippen LogP contribution in [-0.4, -0.2) is 10.8 Å². The fraction of sp³-hybridized carbons (Fsp3) is 0.0625. The van der Waals surface area contributed by atoms with Crippen LogP contribution in [0.5, 0.6) is 0 Å².